The van der Waals surface area contributed by atoms with E-state index in [0.717, 1.165) is 17.9 Å². The van der Waals surface area contributed by atoms with E-state index in [2.05, 4.69) is 13.5 Å². The Bertz CT molecular complexity index is 175. The molecule has 0 nitrogen and oxygen atoms in total. The van der Waals surface area contributed by atoms with Crippen LogP contribution in [-0.2, 0) is 0 Å². The largest absolute Gasteiger partial charge is 0.0996 e. The smallest absolute Gasteiger partial charge is 0.0360 e. The van der Waals surface area contributed by atoms with Gasteiger partial charge in [-0.15, -0.1) is 0 Å². The molecular weight excluding hydrogens is 156 g/mol. The Kier molecular flexibility index (Phi) is 5.96. The Morgan fingerprint density at radius 3 is 2.64 bits per heavy atom. The summed E-state index contributed by atoms with van der Waals surface area (Å²) in [6.45, 7) is 7.90. The van der Waals surface area contributed by atoms with E-state index < -0.39 is 0 Å². The molecule has 0 radical (unpaired) electrons. The molecule has 0 aliphatic rings. The molecule has 0 bridgehead atoms. The quantitative estimate of drug-likeness (QED) is 0.441. The Labute approximate surface area is 74.3 Å². The van der Waals surface area contributed by atoms with Crippen LogP contribution in [-0.4, -0.2) is 0 Å². The molecule has 0 rings (SSSR count). The first-order valence-corrected chi connectivity index (χ1v) is 4.23. The molecule has 0 unspecified atom stereocenters. The van der Waals surface area contributed by atoms with Gasteiger partial charge < -0.3 is 0 Å². The van der Waals surface area contributed by atoms with Crippen molar-refractivity contribution in [1.82, 2.24) is 0 Å². The molecule has 0 spiro atoms. The summed E-state index contributed by atoms with van der Waals surface area (Å²) in [4.78, 5) is 0. The van der Waals surface area contributed by atoms with Crippen LogP contribution in [0.5, 0.6) is 0 Å². The third-order valence-corrected chi connectivity index (χ3v) is 1.80. The van der Waals surface area contributed by atoms with Gasteiger partial charge in [0.1, 0.15) is 0 Å². The van der Waals surface area contributed by atoms with E-state index in [1.165, 1.54) is 5.57 Å². The first-order chi connectivity index (χ1) is 5.20. The molecule has 0 fully saturated rings. The average Bonchev–Trinajstić information content (AvgIpc) is 2.04. The second-order valence-corrected chi connectivity index (χ2v) is 2.82. The molecule has 0 aromatic heterocycles. The molecule has 0 aliphatic carbocycles. The predicted octanol–water partition coefficient (Wildman–Crippen LogP) is 4.04. The van der Waals surface area contributed by atoms with Crippen LogP contribution in [0.25, 0.3) is 0 Å². The van der Waals surface area contributed by atoms with Crippen molar-refractivity contribution < 1.29 is 0 Å². The minimum absolute atomic E-state index is 0.786. The van der Waals surface area contributed by atoms with Crippen molar-refractivity contribution in [2.45, 2.75) is 26.7 Å². The lowest BCUT2D eigenvalue weighted by Gasteiger charge is -1.93. The zero-order valence-corrected chi connectivity index (χ0v) is 7.99. The normalized spacial score (nSPS) is 12.5. The van der Waals surface area contributed by atoms with Crippen molar-refractivity contribution in [3.05, 3.63) is 35.4 Å². The molecule has 0 aromatic carbocycles. The third-order valence-electron chi connectivity index (χ3n) is 1.46. The standard InChI is InChI=1S/C10H15Cl/c1-4-9(3)7-6-8-10(11)5-2/h5-6,8H,3-4,7H2,1-2H3/b8-6-,10-5+. The third kappa shape index (κ3) is 5.93. The number of rotatable bonds is 4. The maximum absolute atomic E-state index is 5.74. The van der Waals surface area contributed by atoms with Crippen LogP contribution in [0.2, 0.25) is 0 Å². The summed E-state index contributed by atoms with van der Waals surface area (Å²) in [7, 11) is 0. The molecule has 0 aliphatic heterocycles. The summed E-state index contributed by atoms with van der Waals surface area (Å²) in [6, 6.07) is 0. The highest BCUT2D eigenvalue weighted by Gasteiger charge is 1.85. The Balaban J connectivity index is 3.69. The number of allylic oxidation sites excluding steroid dienone is 5. The molecule has 11 heavy (non-hydrogen) atoms. The van der Waals surface area contributed by atoms with Gasteiger partial charge in [0.15, 0.2) is 0 Å². The highest BCUT2D eigenvalue weighted by molar-refractivity contribution is 6.31. The van der Waals surface area contributed by atoms with E-state index in [1.54, 1.807) is 0 Å². The van der Waals surface area contributed by atoms with Crippen molar-refractivity contribution in [1.29, 1.82) is 0 Å². The van der Waals surface area contributed by atoms with Crippen molar-refractivity contribution in [3.63, 3.8) is 0 Å². The van der Waals surface area contributed by atoms with Crippen LogP contribution in [0.1, 0.15) is 26.7 Å². The Hall–Kier alpha value is -0.490. The average molecular weight is 171 g/mol. The number of hydrogen-bond acceptors (Lipinski definition) is 0. The molecule has 0 atom stereocenters. The van der Waals surface area contributed by atoms with Gasteiger partial charge in [0.25, 0.3) is 0 Å². The molecule has 62 valence electrons. The molecule has 0 N–H and O–H groups in total. The lowest BCUT2D eigenvalue weighted by Crippen LogP contribution is -1.73. The molecule has 0 saturated heterocycles. The van der Waals surface area contributed by atoms with Gasteiger partial charge in [-0.1, -0.05) is 42.8 Å². The topological polar surface area (TPSA) is 0 Å². The molecule has 0 amide bonds. The molecule has 0 heterocycles. The molecule has 1 heteroatoms. The van der Waals surface area contributed by atoms with Gasteiger partial charge in [-0.3, -0.25) is 0 Å². The van der Waals surface area contributed by atoms with Crippen LogP contribution in [0.4, 0.5) is 0 Å². The lowest BCUT2D eigenvalue weighted by molar-refractivity contribution is 1.04. The van der Waals surface area contributed by atoms with E-state index >= 15 is 0 Å². The van der Waals surface area contributed by atoms with Gasteiger partial charge in [0.05, 0.1) is 0 Å². The summed E-state index contributed by atoms with van der Waals surface area (Å²) in [5, 5.41) is 0.786. The van der Waals surface area contributed by atoms with E-state index in [1.807, 2.05) is 25.2 Å². The number of halogens is 1. The van der Waals surface area contributed by atoms with Crippen LogP contribution >= 0.6 is 11.6 Å². The molecule has 0 saturated carbocycles. The van der Waals surface area contributed by atoms with Gasteiger partial charge in [-0.2, -0.15) is 0 Å². The number of hydrogen-bond donors (Lipinski definition) is 0. The minimum atomic E-state index is 0.786. The zero-order chi connectivity index (χ0) is 8.69. The fraction of sp³-hybridized carbons (Fsp3) is 0.400. The SMILES string of the molecule is C=C(CC)C/C=C\C(Cl)=C/C. The first kappa shape index (κ1) is 10.5. The fourth-order valence-corrected chi connectivity index (χ4v) is 0.668. The Morgan fingerprint density at radius 1 is 1.55 bits per heavy atom. The fourth-order valence-electron chi connectivity index (χ4n) is 0.579. The highest BCUT2D eigenvalue weighted by Crippen LogP contribution is 2.07. The van der Waals surface area contributed by atoms with Crippen LogP contribution in [0.3, 0.4) is 0 Å². The van der Waals surface area contributed by atoms with E-state index in [-0.39, 0.29) is 0 Å². The van der Waals surface area contributed by atoms with Gasteiger partial charge >= 0.3 is 0 Å². The summed E-state index contributed by atoms with van der Waals surface area (Å²) in [5.74, 6) is 0. The summed E-state index contributed by atoms with van der Waals surface area (Å²) >= 11 is 5.74. The van der Waals surface area contributed by atoms with Crippen molar-refractivity contribution in [2.75, 3.05) is 0 Å². The van der Waals surface area contributed by atoms with Gasteiger partial charge in [0.2, 0.25) is 0 Å². The van der Waals surface area contributed by atoms with E-state index in [9.17, 15) is 0 Å². The van der Waals surface area contributed by atoms with Crippen LogP contribution in [0, 0.1) is 0 Å². The molecular formula is C10H15Cl. The first-order valence-electron chi connectivity index (χ1n) is 3.85. The van der Waals surface area contributed by atoms with Crippen molar-refractivity contribution in [2.24, 2.45) is 0 Å². The van der Waals surface area contributed by atoms with E-state index in [4.69, 9.17) is 11.6 Å². The van der Waals surface area contributed by atoms with Gasteiger partial charge in [-0.05, 0) is 25.8 Å². The summed E-state index contributed by atoms with van der Waals surface area (Å²) in [5.41, 5.74) is 1.24. The van der Waals surface area contributed by atoms with Crippen LogP contribution in [0.15, 0.2) is 35.4 Å². The van der Waals surface area contributed by atoms with Gasteiger partial charge in [-0.25, -0.2) is 0 Å². The minimum Gasteiger partial charge on any atom is -0.0996 e. The van der Waals surface area contributed by atoms with Gasteiger partial charge in [0, 0.05) is 5.03 Å². The van der Waals surface area contributed by atoms with Crippen molar-refractivity contribution in [3.8, 4) is 0 Å². The summed E-state index contributed by atoms with van der Waals surface area (Å²) in [6.07, 6.45) is 7.78. The zero-order valence-electron chi connectivity index (χ0n) is 7.23. The van der Waals surface area contributed by atoms with Crippen LogP contribution < -0.4 is 0 Å². The predicted molar refractivity (Wildman–Crippen MR) is 52.8 cm³/mol. The molecule has 0 aromatic rings. The maximum atomic E-state index is 5.74. The monoisotopic (exact) mass is 170 g/mol. The lowest BCUT2D eigenvalue weighted by atomic mass is 10.1. The Morgan fingerprint density at radius 2 is 2.18 bits per heavy atom. The van der Waals surface area contributed by atoms with E-state index in [0.29, 0.717) is 0 Å². The second-order valence-electron chi connectivity index (χ2n) is 2.38. The maximum Gasteiger partial charge on any atom is 0.0360 e. The highest BCUT2D eigenvalue weighted by atomic mass is 35.5. The second kappa shape index (κ2) is 6.23. The summed E-state index contributed by atoms with van der Waals surface area (Å²) < 4.78 is 0. The van der Waals surface area contributed by atoms with Crippen molar-refractivity contribution >= 4 is 11.6 Å².